The minimum atomic E-state index is 0. The van der Waals surface area contributed by atoms with Crippen LogP contribution in [0.5, 0.6) is 0 Å². The van der Waals surface area contributed by atoms with Crippen LogP contribution in [0.4, 0.5) is 0 Å². The molecule has 1 fully saturated rings. The van der Waals surface area contributed by atoms with Gasteiger partial charge in [0.15, 0.2) is 5.82 Å². The number of piperazine rings is 1. The molecular formula is C17H20ClN5O. The number of hydrogen-bond acceptors (Lipinski definition) is 6. The van der Waals surface area contributed by atoms with Gasteiger partial charge in [-0.1, -0.05) is 23.4 Å². The lowest BCUT2D eigenvalue weighted by molar-refractivity contribution is 0.190. The molecule has 126 valence electrons. The van der Waals surface area contributed by atoms with E-state index in [1.165, 1.54) is 0 Å². The van der Waals surface area contributed by atoms with Gasteiger partial charge in [-0.05, 0) is 26.1 Å². The fraction of sp³-hybridized carbons (Fsp3) is 0.353. The summed E-state index contributed by atoms with van der Waals surface area (Å²) in [4.78, 5) is 11.5. The SMILES string of the molecule is Cc1cc(-c2nc(C3CNCCN3C)no2)c2ccccc2n1.Cl. The number of pyridine rings is 1. The topological polar surface area (TPSA) is 67.1 Å². The van der Waals surface area contributed by atoms with Crippen molar-refractivity contribution in [2.45, 2.75) is 13.0 Å². The summed E-state index contributed by atoms with van der Waals surface area (Å²) >= 11 is 0. The van der Waals surface area contributed by atoms with Gasteiger partial charge in [0.25, 0.3) is 5.89 Å². The molecule has 24 heavy (non-hydrogen) atoms. The van der Waals surface area contributed by atoms with Crippen LogP contribution in [0.15, 0.2) is 34.9 Å². The molecule has 1 atom stereocenters. The van der Waals surface area contributed by atoms with Gasteiger partial charge in [0.2, 0.25) is 0 Å². The summed E-state index contributed by atoms with van der Waals surface area (Å²) < 4.78 is 5.57. The number of halogens is 1. The lowest BCUT2D eigenvalue weighted by Gasteiger charge is -2.30. The summed E-state index contributed by atoms with van der Waals surface area (Å²) in [5, 5.41) is 8.62. The Hall–Kier alpha value is -2.02. The van der Waals surface area contributed by atoms with Crippen LogP contribution in [0.3, 0.4) is 0 Å². The third-order valence-corrected chi connectivity index (χ3v) is 4.33. The standard InChI is InChI=1S/C17H19N5O.ClH/c1-11-9-13(12-5-3-4-6-14(12)19-11)17-20-16(21-23-17)15-10-18-7-8-22(15)2;/h3-6,9,15,18H,7-8,10H2,1-2H3;1H. The second-order valence-corrected chi connectivity index (χ2v) is 5.99. The van der Waals surface area contributed by atoms with Gasteiger partial charge in [-0.3, -0.25) is 9.88 Å². The summed E-state index contributed by atoms with van der Waals surface area (Å²) in [6.07, 6.45) is 0. The summed E-state index contributed by atoms with van der Waals surface area (Å²) in [6.45, 7) is 4.79. The van der Waals surface area contributed by atoms with Gasteiger partial charge in [-0.25, -0.2) is 0 Å². The Morgan fingerprint density at radius 1 is 1.25 bits per heavy atom. The van der Waals surface area contributed by atoms with E-state index in [-0.39, 0.29) is 18.4 Å². The lowest BCUT2D eigenvalue weighted by Crippen LogP contribution is -2.44. The third-order valence-electron chi connectivity index (χ3n) is 4.33. The average molecular weight is 346 g/mol. The van der Waals surface area contributed by atoms with Crippen LogP contribution < -0.4 is 5.32 Å². The Labute approximate surface area is 146 Å². The number of likely N-dealkylation sites (N-methyl/N-ethyl adjacent to an activating group) is 1. The largest absolute Gasteiger partial charge is 0.334 e. The van der Waals surface area contributed by atoms with Gasteiger partial charge in [0.1, 0.15) is 0 Å². The average Bonchev–Trinajstić information content (AvgIpc) is 3.04. The Balaban J connectivity index is 0.00000169. The van der Waals surface area contributed by atoms with Crippen LogP contribution >= 0.6 is 12.4 Å². The Bertz CT molecular complexity index is 850. The molecule has 1 aromatic carbocycles. The van der Waals surface area contributed by atoms with E-state index in [1.54, 1.807) is 0 Å². The number of para-hydroxylation sites is 1. The number of aromatic nitrogens is 3. The van der Waals surface area contributed by atoms with Crippen LogP contribution in [-0.4, -0.2) is 46.7 Å². The molecule has 3 heterocycles. The quantitative estimate of drug-likeness (QED) is 0.770. The van der Waals surface area contributed by atoms with Gasteiger partial charge in [0, 0.05) is 30.7 Å². The van der Waals surface area contributed by atoms with Crippen molar-refractivity contribution < 1.29 is 4.52 Å². The molecule has 2 aromatic heterocycles. The minimum Gasteiger partial charge on any atom is -0.334 e. The monoisotopic (exact) mass is 345 g/mol. The van der Waals surface area contributed by atoms with Crippen molar-refractivity contribution in [1.82, 2.24) is 25.3 Å². The molecule has 4 rings (SSSR count). The number of hydrogen-bond donors (Lipinski definition) is 1. The zero-order chi connectivity index (χ0) is 15.8. The van der Waals surface area contributed by atoms with E-state index >= 15 is 0 Å². The molecular weight excluding hydrogens is 326 g/mol. The lowest BCUT2D eigenvalue weighted by atomic mass is 10.1. The molecule has 1 N–H and O–H groups in total. The van der Waals surface area contributed by atoms with Crippen molar-refractivity contribution >= 4 is 23.3 Å². The number of aryl methyl sites for hydroxylation is 1. The van der Waals surface area contributed by atoms with Crippen LogP contribution in [0.2, 0.25) is 0 Å². The van der Waals surface area contributed by atoms with Gasteiger partial charge < -0.3 is 9.84 Å². The molecule has 1 unspecified atom stereocenters. The molecule has 0 radical (unpaired) electrons. The van der Waals surface area contributed by atoms with Crippen molar-refractivity contribution in [3.8, 4) is 11.5 Å². The molecule has 0 aliphatic carbocycles. The Morgan fingerprint density at radius 2 is 2.08 bits per heavy atom. The number of nitrogens with zero attached hydrogens (tertiary/aromatic N) is 4. The zero-order valence-corrected chi connectivity index (χ0v) is 14.5. The fourth-order valence-electron chi connectivity index (χ4n) is 3.06. The highest BCUT2D eigenvalue weighted by Gasteiger charge is 2.26. The number of benzene rings is 1. The Kier molecular flexibility index (Phi) is 4.80. The van der Waals surface area contributed by atoms with Gasteiger partial charge in [0.05, 0.1) is 17.1 Å². The van der Waals surface area contributed by atoms with E-state index in [0.29, 0.717) is 5.89 Å². The molecule has 0 spiro atoms. The third kappa shape index (κ3) is 3.00. The van der Waals surface area contributed by atoms with Crippen LogP contribution in [-0.2, 0) is 0 Å². The van der Waals surface area contributed by atoms with E-state index in [1.807, 2.05) is 37.3 Å². The number of nitrogens with one attached hydrogen (secondary N) is 1. The molecule has 1 aliphatic heterocycles. The summed E-state index contributed by atoms with van der Waals surface area (Å²) in [7, 11) is 2.09. The molecule has 6 nitrogen and oxygen atoms in total. The second kappa shape index (κ2) is 6.84. The predicted octanol–water partition coefficient (Wildman–Crippen LogP) is 2.59. The smallest absolute Gasteiger partial charge is 0.258 e. The maximum atomic E-state index is 5.57. The van der Waals surface area contributed by atoms with Crippen molar-refractivity contribution in [1.29, 1.82) is 0 Å². The van der Waals surface area contributed by atoms with E-state index in [0.717, 1.165) is 47.6 Å². The zero-order valence-electron chi connectivity index (χ0n) is 13.7. The first kappa shape index (κ1) is 16.8. The van der Waals surface area contributed by atoms with Crippen molar-refractivity contribution in [2.75, 3.05) is 26.7 Å². The first-order valence-electron chi connectivity index (χ1n) is 7.84. The molecule has 0 bridgehead atoms. The highest BCUT2D eigenvalue weighted by atomic mass is 35.5. The molecule has 3 aromatic rings. The molecule has 7 heteroatoms. The van der Waals surface area contributed by atoms with Crippen LogP contribution in [0, 0.1) is 6.92 Å². The first-order chi connectivity index (χ1) is 11.2. The highest BCUT2D eigenvalue weighted by Crippen LogP contribution is 2.29. The summed E-state index contributed by atoms with van der Waals surface area (Å²) in [5.74, 6) is 1.29. The molecule has 0 amide bonds. The van der Waals surface area contributed by atoms with E-state index in [4.69, 9.17) is 4.52 Å². The molecule has 0 saturated carbocycles. The van der Waals surface area contributed by atoms with Crippen LogP contribution in [0.1, 0.15) is 17.6 Å². The normalized spacial score (nSPS) is 18.5. The van der Waals surface area contributed by atoms with Crippen molar-refractivity contribution in [3.63, 3.8) is 0 Å². The van der Waals surface area contributed by atoms with Crippen LogP contribution in [0.25, 0.3) is 22.4 Å². The van der Waals surface area contributed by atoms with Crippen molar-refractivity contribution in [3.05, 3.63) is 41.9 Å². The minimum absolute atomic E-state index is 0. The number of fused-ring (bicyclic) bond motifs is 1. The van der Waals surface area contributed by atoms with Gasteiger partial charge in [-0.2, -0.15) is 4.98 Å². The highest BCUT2D eigenvalue weighted by molar-refractivity contribution is 5.92. The van der Waals surface area contributed by atoms with Gasteiger partial charge >= 0.3 is 0 Å². The maximum Gasteiger partial charge on any atom is 0.258 e. The number of rotatable bonds is 2. The second-order valence-electron chi connectivity index (χ2n) is 5.99. The van der Waals surface area contributed by atoms with E-state index < -0.39 is 0 Å². The molecule has 1 saturated heterocycles. The van der Waals surface area contributed by atoms with Gasteiger partial charge in [-0.15, -0.1) is 12.4 Å². The fourth-order valence-corrected chi connectivity index (χ4v) is 3.06. The van der Waals surface area contributed by atoms with E-state index in [9.17, 15) is 0 Å². The summed E-state index contributed by atoms with van der Waals surface area (Å²) in [5.41, 5.74) is 2.83. The predicted molar refractivity (Wildman–Crippen MR) is 95.3 cm³/mol. The molecule has 1 aliphatic rings. The Morgan fingerprint density at radius 3 is 2.92 bits per heavy atom. The summed E-state index contributed by atoms with van der Waals surface area (Å²) in [6, 6.07) is 10.2. The van der Waals surface area contributed by atoms with Crippen molar-refractivity contribution in [2.24, 2.45) is 0 Å². The maximum absolute atomic E-state index is 5.57. The first-order valence-corrected chi connectivity index (χ1v) is 7.84. The van der Waals surface area contributed by atoms with E-state index in [2.05, 4.69) is 32.4 Å².